The van der Waals surface area contributed by atoms with E-state index in [0.717, 1.165) is 6.07 Å². The van der Waals surface area contributed by atoms with Crippen LogP contribution in [0.2, 0.25) is 0 Å². The first-order valence-electron chi connectivity index (χ1n) is 6.72. The first-order chi connectivity index (χ1) is 10.9. The van der Waals surface area contributed by atoms with Crippen LogP contribution in [0.15, 0.2) is 60.7 Å². The smallest absolute Gasteiger partial charge is 0.258 e. The molecule has 0 unspecified atom stereocenters. The van der Waals surface area contributed by atoms with Gasteiger partial charge in [0.15, 0.2) is 0 Å². The molecule has 0 aromatic heterocycles. The summed E-state index contributed by atoms with van der Waals surface area (Å²) >= 11 is 0. The van der Waals surface area contributed by atoms with Crippen molar-refractivity contribution in [3.63, 3.8) is 0 Å². The number of nitro groups is 1. The van der Waals surface area contributed by atoms with Crippen molar-refractivity contribution in [2.45, 2.75) is 6.18 Å². The van der Waals surface area contributed by atoms with Crippen LogP contribution in [0.25, 0.3) is 21.9 Å². The highest BCUT2D eigenvalue weighted by Crippen LogP contribution is 2.41. The fourth-order valence-electron chi connectivity index (χ4n) is 2.56. The summed E-state index contributed by atoms with van der Waals surface area (Å²) in [6.07, 6.45) is -4.59. The van der Waals surface area contributed by atoms with Gasteiger partial charge in [-0.15, -0.1) is 0 Å². The van der Waals surface area contributed by atoms with E-state index in [2.05, 4.69) is 0 Å². The Kier molecular flexibility index (Phi) is 3.52. The highest BCUT2D eigenvalue weighted by molar-refractivity contribution is 5.92. The molecular formula is C17H10F3NO2. The van der Waals surface area contributed by atoms with Gasteiger partial charge in [-0.25, -0.2) is 0 Å². The third-order valence-electron chi connectivity index (χ3n) is 3.58. The molecule has 0 saturated heterocycles. The van der Waals surface area contributed by atoms with Crippen molar-refractivity contribution in [1.82, 2.24) is 0 Å². The van der Waals surface area contributed by atoms with Crippen LogP contribution in [0.1, 0.15) is 5.56 Å². The minimum atomic E-state index is -4.59. The summed E-state index contributed by atoms with van der Waals surface area (Å²) in [4.78, 5) is 10.7. The van der Waals surface area contributed by atoms with E-state index in [-0.39, 0.29) is 16.8 Å². The zero-order valence-corrected chi connectivity index (χ0v) is 11.7. The molecule has 3 aromatic carbocycles. The number of fused-ring (bicyclic) bond motifs is 1. The van der Waals surface area contributed by atoms with Gasteiger partial charge >= 0.3 is 6.18 Å². The van der Waals surface area contributed by atoms with Gasteiger partial charge < -0.3 is 0 Å². The van der Waals surface area contributed by atoms with Gasteiger partial charge in [0, 0.05) is 11.6 Å². The first kappa shape index (κ1) is 15.0. The van der Waals surface area contributed by atoms with Gasteiger partial charge in [0.2, 0.25) is 0 Å². The van der Waals surface area contributed by atoms with E-state index < -0.39 is 16.7 Å². The van der Waals surface area contributed by atoms with Crippen molar-refractivity contribution >= 4 is 16.5 Å². The molecule has 0 aliphatic heterocycles. The van der Waals surface area contributed by atoms with E-state index in [1.54, 1.807) is 24.3 Å². The molecular weight excluding hydrogens is 307 g/mol. The monoisotopic (exact) mass is 317 g/mol. The summed E-state index contributed by atoms with van der Waals surface area (Å²) < 4.78 is 39.6. The molecule has 0 fully saturated rings. The van der Waals surface area contributed by atoms with Crippen molar-refractivity contribution in [2.24, 2.45) is 0 Å². The maximum Gasteiger partial charge on any atom is 0.417 e. The van der Waals surface area contributed by atoms with Crippen LogP contribution in [0.3, 0.4) is 0 Å². The van der Waals surface area contributed by atoms with Crippen LogP contribution in [-0.4, -0.2) is 4.92 Å². The third-order valence-corrected chi connectivity index (χ3v) is 3.58. The van der Waals surface area contributed by atoms with Crippen LogP contribution in [-0.2, 0) is 6.18 Å². The zero-order valence-electron chi connectivity index (χ0n) is 11.7. The SMILES string of the molecule is O=[N+]([O-])c1cc2ccccc2cc1-c1ccccc1C(F)(F)F. The average molecular weight is 317 g/mol. The van der Waals surface area contributed by atoms with E-state index in [1.165, 1.54) is 30.3 Å². The topological polar surface area (TPSA) is 43.1 Å². The highest BCUT2D eigenvalue weighted by atomic mass is 19.4. The number of alkyl halides is 3. The Morgan fingerprint density at radius 3 is 2.00 bits per heavy atom. The molecule has 6 heteroatoms. The molecule has 0 N–H and O–H groups in total. The normalized spacial score (nSPS) is 11.6. The first-order valence-corrected chi connectivity index (χ1v) is 6.72. The molecule has 0 spiro atoms. The number of nitro benzene ring substituents is 1. The molecule has 0 radical (unpaired) electrons. The van der Waals surface area contributed by atoms with Crippen LogP contribution in [0, 0.1) is 10.1 Å². The van der Waals surface area contributed by atoms with Gasteiger partial charge in [-0.1, -0.05) is 42.5 Å². The lowest BCUT2D eigenvalue weighted by Gasteiger charge is -2.13. The van der Waals surface area contributed by atoms with Gasteiger partial charge in [0.25, 0.3) is 5.69 Å². The molecule has 0 aliphatic carbocycles. The highest BCUT2D eigenvalue weighted by Gasteiger charge is 2.34. The molecule has 0 heterocycles. The molecule has 0 atom stereocenters. The summed E-state index contributed by atoms with van der Waals surface area (Å²) in [6, 6.07) is 14.4. The minimum Gasteiger partial charge on any atom is -0.258 e. The van der Waals surface area contributed by atoms with Crippen molar-refractivity contribution in [3.8, 4) is 11.1 Å². The van der Waals surface area contributed by atoms with Gasteiger partial charge in [-0.05, 0) is 22.9 Å². The molecule has 23 heavy (non-hydrogen) atoms. The summed E-state index contributed by atoms with van der Waals surface area (Å²) in [6.45, 7) is 0. The molecule has 0 saturated carbocycles. The maximum atomic E-state index is 13.2. The predicted octanol–water partition coefficient (Wildman–Crippen LogP) is 5.43. The van der Waals surface area contributed by atoms with Crippen LogP contribution < -0.4 is 0 Å². The lowest BCUT2D eigenvalue weighted by atomic mass is 9.95. The lowest BCUT2D eigenvalue weighted by Crippen LogP contribution is -2.07. The summed E-state index contributed by atoms with van der Waals surface area (Å²) in [5, 5.41) is 12.6. The summed E-state index contributed by atoms with van der Waals surface area (Å²) in [5.74, 6) is 0. The fourth-order valence-corrected chi connectivity index (χ4v) is 2.56. The number of hydrogen-bond donors (Lipinski definition) is 0. The Morgan fingerprint density at radius 1 is 0.826 bits per heavy atom. The van der Waals surface area contributed by atoms with E-state index in [1.807, 2.05) is 0 Å². The Balaban J connectivity index is 2.36. The molecule has 0 bridgehead atoms. The number of hydrogen-bond acceptors (Lipinski definition) is 2. The van der Waals surface area contributed by atoms with Crippen LogP contribution >= 0.6 is 0 Å². The molecule has 3 rings (SSSR count). The van der Waals surface area contributed by atoms with Crippen molar-refractivity contribution in [2.75, 3.05) is 0 Å². The van der Waals surface area contributed by atoms with Gasteiger partial charge in [-0.2, -0.15) is 13.2 Å². The summed E-state index contributed by atoms with van der Waals surface area (Å²) in [7, 11) is 0. The van der Waals surface area contributed by atoms with Crippen LogP contribution in [0.4, 0.5) is 18.9 Å². The van der Waals surface area contributed by atoms with E-state index in [4.69, 9.17) is 0 Å². The van der Waals surface area contributed by atoms with Crippen molar-refractivity contribution in [3.05, 3.63) is 76.3 Å². The number of nitrogens with zero attached hydrogens (tertiary/aromatic N) is 1. The second kappa shape index (κ2) is 5.39. The zero-order chi connectivity index (χ0) is 16.6. The Hall–Kier alpha value is -2.89. The number of benzene rings is 3. The second-order valence-corrected chi connectivity index (χ2v) is 5.02. The average Bonchev–Trinajstić information content (AvgIpc) is 2.52. The molecule has 3 aromatic rings. The predicted molar refractivity (Wildman–Crippen MR) is 81.0 cm³/mol. The van der Waals surface area contributed by atoms with E-state index in [0.29, 0.717) is 10.8 Å². The Labute approximate surface area is 129 Å². The maximum absolute atomic E-state index is 13.2. The standard InChI is InChI=1S/C17H10F3NO2/c18-17(19,20)15-8-4-3-7-13(15)14-9-11-5-1-2-6-12(11)10-16(14)21(22)23/h1-10H. The van der Waals surface area contributed by atoms with Gasteiger partial charge in [-0.3, -0.25) is 10.1 Å². The molecule has 0 aliphatic rings. The molecule has 3 nitrogen and oxygen atoms in total. The minimum absolute atomic E-state index is 0.0402. The summed E-state index contributed by atoms with van der Waals surface area (Å²) in [5.41, 5.74) is -1.47. The van der Waals surface area contributed by atoms with Crippen molar-refractivity contribution < 1.29 is 18.1 Å². The van der Waals surface area contributed by atoms with Gasteiger partial charge in [0.05, 0.1) is 16.1 Å². The quantitative estimate of drug-likeness (QED) is 0.467. The number of halogens is 3. The Morgan fingerprint density at radius 2 is 1.39 bits per heavy atom. The van der Waals surface area contributed by atoms with E-state index in [9.17, 15) is 23.3 Å². The van der Waals surface area contributed by atoms with Crippen molar-refractivity contribution in [1.29, 1.82) is 0 Å². The largest absolute Gasteiger partial charge is 0.417 e. The fraction of sp³-hybridized carbons (Fsp3) is 0.0588. The molecule has 0 amide bonds. The lowest BCUT2D eigenvalue weighted by molar-refractivity contribution is -0.384. The van der Waals surface area contributed by atoms with Crippen LogP contribution in [0.5, 0.6) is 0 Å². The third kappa shape index (κ3) is 2.75. The van der Waals surface area contributed by atoms with E-state index >= 15 is 0 Å². The number of rotatable bonds is 2. The Bertz CT molecular complexity index is 904. The molecule has 116 valence electrons. The van der Waals surface area contributed by atoms with Gasteiger partial charge in [0.1, 0.15) is 0 Å². The second-order valence-electron chi connectivity index (χ2n) is 5.02.